The van der Waals surface area contributed by atoms with Crippen LogP contribution in [0.5, 0.6) is 11.5 Å². The van der Waals surface area contributed by atoms with Crippen molar-refractivity contribution in [3.05, 3.63) is 95.7 Å². The van der Waals surface area contributed by atoms with Gasteiger partial charge in [-0.05, 0) is 59.0 Å². The summed E-state index contributed by atoms with van der Waals surface area (Å²) in [6.45, 7) is 8.69. The van der Waals surface area contributed by atoms with Gasteiger partial charge in [0.1, 0.15) is 56.9 Å². The number of aliphatic hydroxyl groups is 2. The van der Waals surface area contributed by atoms with Crippen LogP contribution >= 0.6 is 0 Å². The monoisotopic (exact) mass is 571 g/mol. The number of hydrogen-bond acceptors (Lipinski definition) is 4. The number of methoxy groups -OCH3 is 2. The highest BCUT2D eigenvalue weighted by atomic mass is 16.5. The molecule has 1 unspecified atom stereocenters. The maximum Gasteiger partial charge on any atom is 0.127 e. The summed E-state index contributed by atoms with van der Waals surface area (Å²) in [7, 11) is 3.38. The SMILES string of the molecule is CCC(=C(c1ccc(OC)cc1)c1ccc(OC)cc1)c1cn(CC(O)C[NH+]2CC[NH+](CCO)CC2)c2ccccc12. The standard InChI is InChI=1S/C35H43N3O4/c1-4-31(35(26-9-13-29(41-2)14-10-26)27-11-15-30(42-3)16-12-27)33-25-38(34-8-6-5-7-32(33)34)24-28(40)23-37-19-17-36(18-20-37)21-22-39/h5-16,25,28,39-40H,4,17-24H2,1-3H3/p+2. The van der Waals surface area contributed by atoms with Gasteiger partial charge in [0.15, 0.2) is 0 Å². The van der Waals surface area contributed by atoms with Crippen LogP contribution in [0.15, 0.2) is 79.0 Å². The molecule has 0 amide bonds. The number of benzene rings is 3. The number of allylic oxidation sites excluding steroid dienone is 1. The first-order valence-electron chi connectivity index (χ1n) is 15.1. The maximum atomic E-state index is 11.2. The van der Waals surface area contributed by atoms with Crippen LogP contribution in [0.1, 0.15) is 30.0 Å². The molecular weight excluding hydrogens is 526 g/mol. The van der Waals surface area contributed by atoms with Crippen LogP contribution in [-0.4, -0.2) is 81.0 Å². The fraction of sp³-hybridized carbons (Fsp3) is 0.371. The van der Waals surface area contributed by atoms with Gasteiger partial charge in [0.25, 0.3) is 0 Å². The van der Waals surface area contributed by atoms with Crippen molar-refractivity contribution in [2.75, 3.05) is 60.1 Å². The van der Waals surface area contributed by atoms with Crippen molar-refractivity contribution in [3.63, 3.8) is 0 Å². The zero-order valence-corrected chi connectivity index (χ0v) is 25.1. The van der Waals surface area contributed by atoms with Crippen molar-refractivity contribution in [3.8, 4) is 11.5 Å². The third-order valence-electron chi connectivity index (χ3n) is 8.59. The van der Waals surface area contributed by atoms with Crippen molar-refractivity contribution in [1.29, 1.82) is 0 Å². The van der Waals surface area contributed by atoms with Crippen LogP contribution in [0.3, 0.4) is 0 Å². The van der Waals surface area contributed by atoms with Gasteiger partial charge in [0.2, 0.25) is 0 Å². The molecule has 2 heterocycles. The van der Waals surface area contributed by atoms with Gasteiger partial charge in [-0.15, -0.1) is 0 Å². The Bertz CT molecular complexity index is 1420. The van der Waals surface area contributed by atoms with Gasteiger partial charge >= 0.3 is 0 Å². The number of hydrogen-bond donors (Lipinski definition) is 4. The van der Waals surface area contributed by atoms with E-state index in [9.17, 15) is 10.2 Å². The first kappa shape index (κ1) is 29.9. The third-order valence-corrected chi connectivity index (χ3v) is 8.59. The molecule has 1 aliphatic rings. The second-order valence-electron chi connectivity index (χ2n) is 11.2. The summed E-state index contributed by atoms with van der Waals surface area (Å²) >= 11 is 0. The van der Waals surface area contributed by atoms with E-state index in [-0.39, 0.29) is 6.61 Å². The molecule has 0 radical (unpaired) electrons. The Morgan fingerprint density at radius 2 is 1.40 bits per heavy atom. The van der Waals surface area contributed by atoms with E-state index in [1.165, 1.54) is 31.9 Å². The lowest BCUT2D eigenvalue weighted by atomic mass is 9.88. The van der Waals surface area contributed by atoms with Gasteiger partial charge in [0.05, 0.1) is 27.4 Å². The molecule has 42 heavy (non-hydrogen) atoms. The number of para-hydroxylation sites is 1. The van der Waals surface area contributed by atoms with Crippen LogP contribution in [0.2, 0.25) is 0 Å². The molecule has 1 saturated heterocycles. The molecule has 1 fully saturated rings. The molecule has 3 aromatic carbocycles. The van der Waals surface area contributed by atoms with Crippen LogP contribution < -0.4 is 19.3 Å². The molecule has 1 aliphatic heterocycles. The summed E-state index contributed by atoms with van der Waals surface area (Å²) in [6.07, 6.45) is 2.63. The van der Waals surface area contributed by atoms with Gasteiger partial charge in [-0.2, -0.15) is 0 Å². The van der Waals surface area contributed by atoms with Gasteiger partial charge in [0, 0.05) is 22.7 Å². The first-order chi connectivity index (χ1) is 20.5. The lowest BCUT2D eigenvalue weighted by Crippen LogP contribution is -3.28. The Hall–Kier alpha value is -3.62. The van der Waals surface area contributed by atoms with E-state index in [4.69, 9.17) is 9.47 Å². The van der Waals surface area contributed by atoms with Crippen molar-refractivity contribution < 1.29 is 29.5 Å². The summed E-state index contributed by atoms with van der Waals surface area (Å²) in [6, 6.07) is 25.1. The number of fused-ring (bicyclic) bond motifs is 1. The minimum atomic E-state index is -0.445. The number of aromatic nitrogens is 1. The summed E-state index contributed by atoms with van der Waals surface area (Å²) in [4.78, 5) is 2.90. The van der Waals surface area contributed by atoms with E-state index in [1.807, 2.05) is 24.3 Å². The predicted molar refractivity (Wildman–Crippen MR) is 168 cm³/mol. The Morgan fingerprint density at radius 3 is 1.95 bits per heavy atom. The zero-order chi connectivity index (χ0) is 29.5. The second-order valence-corrected chi connectivity index (χ2v) is 11.2. The number of quaternary nitrogens is 2. The summed E-state index contributed by atoms with van der Waals surface area (Å²) in [5, 5.41) is 21.7. The number of piperazine rings is 1. The third kappa shape index (κ3) is 6.71. The van der Waals surface area contributed by atoms with Crippen LogP contribution in [0.25, 0.3) is 22.0 Å². The predicted octanol–water partition coefficient (Wildman–Crippen LogP) is 2.16. The average Bonchev–Trinajstić information content (AvgIpc) is 3.38. The van der Waals surface area contributed by atoms with E-state index in [2.05, 4.69) is 66.2 Å². The quantitative estimate of drug-likeness (QED) is 0.210. The molecule has 7 nitrogen and oxygen atoms in total. The van der Waals surface area contributed by atoms with E-state index in [1.54, 1.807) is 14.2 Å². The van der Waals surface area contributed by atoms with E-state index >= 15 is 0 Å². The average molecular weight is 572 g/mol. The Kier molecular flexibility index (Phi) is 9.97. The molecule has 7 heteroatoms. The van der Waals surface area contributed by atoms with Gasteiger partial charge in [-0.25, -0.2) is 0 Å². The molecule has 0 saturated carbocycles. The highest BCUT2D eigenvalue weighted by Crippen LogP contribution is 2.39. The van der Waals surface area contributed by atoms with Gasteiger partial charge in [-0.3, -0.25) is 0 Å². The van der Waals surface area contributed by atoms with Crippen molar-refractivity contribution >= 4 is 22.0 Å². The molecule has 5 rings (SSSR count). The molecule has 1 aromatic heterocycles. The van der Waals surface area contributed by atoms with Crippen LogP contribution in [-0.2, 0) is 6.54 Å². The van der Waals surface area contributed by atoms with Gasteiger partial charge in [-0.1, -0.05) is 49.4 Å². The van der Waals surface area contributed by atoms with Crippen molar-refractivity contribution in [2.45, 2.75) is 26.0 Å². The number of aliphatic hydroxyl groups excluding tert-OH is 2. The Labute approximate surface area is 249 Å². The largest absolute Gasteiger partial charge is 0.497 e. The fourth-order valence-electron chi connectivity index (χ4n) is 6.36. The lowest BCUT2D eigenvalue weighted by Gasteiger charge is -2.30. The van der Waals surface area contributed by atoms with E-state index < -0.39 is 6.10 Å². The van der Waals surface area contributed by atoms with Crippen LogP contribution in [0, 0.1) is 0 Å². The van der Waals surface area contributed by atoms with E-state index in [0.717, 1.165) is 73.8 Å². The smallest absolute Gasteiger partial charge is 0.127 e. The summed E-state index contributed by atoms with van der Waals surface area (Å²) in [5.41, 5.74) is 7.01. The molecule has 4 N–H and O–H groups in total. The number of ether oxygens (including phenoxy) is 2. The molecule has 4 aromatic rings. The molecule has 0 spiro atoms. The molecule has 0 aliphatic carbocycles. The zero-order valence-electron chi connectivity index (χ0n) is 25.1. The topological polar surface area (TPSA) is 72.7 Å². The normalized spacial score (nSPS) is 17.6. The Morgan fingerprint density at radius 1 is 0.833 bits per heavy atom. The van der Waals surface area contributed by atoms with Crippen LogP contribution in [0.4, 0.5) is 0 Å². The molecule has 222 valence electrons. The minimum absolute atomic E-state index is 0.239. The molecule has 1 atom stereocenters. The molecular formula is C35H45N3O4+2. The van der Waals surface area contributed by atoms with Gasteiger partial charge < -0.3 is 34.1 Å². The summed E-state index contributed by atoms with van der Waals surface area (Å²) < 4.78 is 13.1. The van der Waals surface area contributed by atoms with Crippen molar-refractivity contribution in [1.82, 2.24) is 4.57 Å². The summed E-state index contributed by atoms with van der Waals surface area (Å²) in [5.74, 6) is 1.66. The highest BCUT2D eigenvalue weighted by Gasteiger charge is 2.25. The van der Waals surface area contributed by atoms with E-state index in [0.29, 0.717) is 6.54 Å². The Balaban J connectivity index is 1.51. The minimum Gasteiger partial charge on any atom is -0.497 e. The number of nitrogens with one attached hydrogen (secondary N) is 2. The fourth-order valence-corrected chi connectivity index (χ4v) is 6.36. The first-order valence-corrected chi connectivity index (χ1v) is 15.1. The number of rotatable bonds is 12. The maximum absolute atomic E-state index is 11.2. The van der Waals surface area contributed by atoms with Crippen molar-refractivity contribution in [2.24, 2.45) is 0 Å². The second kappa shape index (κ2) is 14.0. The molecule has 0 bridgehead atoms. The highest BCUT2D eigenvalue weighted by molar-refractivity contribution is 6.05. The number of nitrogens with zero attached hydrogens (tertiary/aromatic N) is 1. The lowest BCUT2D eigenvalue weighted by molar-refractivity contribution is -1.01.